The third-order valence-electron chi connectivity index (χ3n) is 2.71. The van der Waals surface area contributed by atoms with Crippen molar-refractivity contribution in [2.75, 3.05) is 7.11 Å². The molecule has 86 valence electrons. The average molecular weight is 236 g/mol. The molecule has 0 aliphatic carbocycles. The molecule has 0 fully saturated rings. The van der Waals surface area contributed by atoms with E-state index in [-0.39, 0.29) is 5.60 Å². The lowest BCUT2D eigenvalue weighted by atomic mass is 10.1. The molecule has 0 N–H and O–H groups in total. The summed E-state index contributed by atoms with van der Waals surface area (Å²) in [5, 5.41) is 3.27. The van der Waals surface area contributed by atoms with E-state index >= 15 is 0 Å². The largest absolute Gasteiger partial charge is 0.378 e. The first-order valence-corrected chi connectivity index (χ1v) is 6.15. The van der Waals surface area contributed by atoms with Crippen LogP contribution in [0, 0.1) is 6.92 Å². The fourth-order valence-electron chi connectivity index (χ4n) is 1.51. The summed E-state index contributed by atoms with van der Waals surface area (Å²) in [7, 11) is 1.72. The number of rotatable bonds is 3. The van der Waals surface area contributed by atoms with Crippen molar-refractivity contribution in [2.24, 2.45) is 0 Å². The van der Waals surface area contributed by atoms with Gasteiger partial charge in [-0.2, -0.15) is 0 Å². The number of hydrogen-bond acceptors (Lipinski definition) is 4. The highest BCUT2D eigenvalue weighted by molar-refractivity contribution is 7.16. The van der Waals surface area contributed by atoms with Gasteiger partial charge in [-0.1, -0.05) is 0 Å². The van der Waals surface area contributed by atoms with Gasteiger partial charge in [0, 0.05) is 25.1 Å². The summed E-state index contributed by atoms with van der Waals surface area (Å²) in [5.74, 6) is 0.848. The first-order chi connectivity index (χ1) is 7.52. The Bertz CT molecular complexity index is 505. The minimum atomic E-state index is -0.208. The summed E-state index contributed by atoms with van der Waals surface area (Å²) in [6.45, 7) is 6.17. The van der Waals surface area contributed by atoms with Crippen molar-refractivity contribution in [1.82, 2.24) is 9.97 Å². The van der Waals surface area contributed by atoms with Crippen molar-refractivity contribution in [3.63, 3.8) is 0 Å². The third-order valence-corrected chi connectivity index (χ3v) is 3.72. The van der Waals surface area contributed by atoms with Gasteiger partial charge >= 0.3 is 0 Å². The van der Waals surface area contributed by atoms with Gasteiger partial charge in [-0.15, -0.1) is 11.3 Å². The van der Waals surface area contributed by atoms with E-state index in [1.54, 1.807) is 18.4 Å². The lowest BCUT2D eigenvalue weighted by Crippen LogP contribution is -2.26. The van der Waals surface area contributed by atoms with Crippen molar-refractivity contribution in [3.8, 4) is 0 Å². The maximum atomic E-state index is 5.38. The van der Waals surface area contributed by atoms with Gasteiger partial charge in [0.1, 0.15) is 10.7 Å². The van der Waals surface area contributed by atoms with Gasteiger partial charge in [0.25, 0.3) is 0 Å². The van der Waals surface area contributed by atoms with Crippen LogP contribution in [0.25, 0.3) is 10.2 Å². The molecule has 3 nitrogen and oxygen atoms in total. The first-order valence-electron chi connectivity index (χ1n) is 5.27. The Labute approximate surface area is 99.5 Å². The summed E-state index contributed by atoms with van der Waals surface area (Å²) in [4.78, 5) is 10.0. The molecule has 0 radical (unpaired) electrons. The van der Waals surface area contributed by atoms with Crippen LogP contribution in [0.4, 0.5) is 0 Å². The zero-order chi connectivity index (χ0) is 11.8. The molecule has 0 bridgehead atoms. The molecule has 0 aliphatic rings. The molecule has 0 spiro atoms. The van der Waals surface area contributed by atoms with Gasteiger partial charge in [-0.3, -0.25) is 0 Å². The number of aryl methyl sites for hydroxylation is 1. The fourth-order valence-corrected chi connectivity index (χ4v) is 2.42. The van der Waals surface area contributed by atoms with Crippen molar-refractivity contribution in [2.45, 2.75) is 32.8 Å². The molecule has 2 heterocycles. The maximum absolute atomic E-state index is 5.38. The van der Waals surface area contributed by atoms with Gasteiger partial charge in [-0.05, 0) is 31.7 Å². The first kappa shape index (κ1) is 11.5. The van der Waals surface area contributed by atoms with Gasteiger partial charge in [0.15, 0.2) is 0 Å². The molecule has 0 atom stereocenters. The number of nitrogens with zero attached hydrogens (tertiary/aromatic N) is 2. The lowest BCUT2D eigenvalue weighted by molar-refractivity contribution is 0.0216. The molecule has 2 rings (SSSR count). The SMILES string of the molecule is COC(C)(C)Cc1ncc2c(C)csc2n1. The Morgan fingerprint density at radius 3 is 2.88 bits per heavy atom. The second-order valence-corrected chi connectivity index (χ2v) is 5.42. The summed E-state index contributed by atoms with van der Waals surface area (Å²) in [6.07, 6.45) is 2.64. The summed E-state index contributed by atoms with van der Waals surface area (Å²) >= 11 is 1.67. The van der Waals surface area contributed by atoms with Crippen LogP contribution in [0.1, 0.15) is 25.2 Å². The molecule has 2 aromatic rings. The average Bonchev–Trinajstić information content (AvgIpc) is 2.60. The van der Waals surface area contributed by atoms with Crippen LogP contribution >= 0.6 is 11.3 Å². The summed E-state index contributed by atoms with van der Waals surface area (Å²) < 4.78 is 5.38. The van der Waals surface area contributed by atoms with Crippen molar-refractivity contribution in [3.05, 3.63) is 23.0 Å². The molecular weight excluding hydrogens is 220 g/mol. The number of methoxy groups -OCH3 is 1. The predicted octanol–water partition coefficient (Wildman–Crippen LogP) is 2.97. The molecule has 16 heavy (non-hydrogen) atoms. The number of ether oxygens (including phenoxy) is 1. The standard InChI is InChI=1S/C12H16N2OS/c1-8-7-16-11-9(8)6-13-10(14-11)5-12(2,3)15-4/h6-7H,5H2,1-4H3. The summed E-state index contributed by atoms with van der Waals surface area (Å²) in [6, 6.07) is 0. The normalized spacial score (nSPS) is 12.2. The monoisotopic (exact) mass is 236 g/mol. The Morgan fingerprint density at radius 1 is 1.44 bits per heavy atom. The van der Waals surface area contributed by atoms with Gasteiger partial charge < -0.3 is 4.74 Å². The highest BCUT2D eigenvalue weighted by Gasteiger charge is 2.19. The van der Waals surface area contributed by atoms with Gasteiger partial charge in [-0.25, -0.2) is 9.97 Å². The Morgan fingerprint density at radius 2 is 2.19 bits per heavy atom. The molecule has 4 heteroatoms. The van der Waals surface area contributed by atoms with Crippen LogP contribution < -0.4 is 0 Å². The Kier molecular flexibility index (Phi) is 2.95. The zero-order valence-electron chi connectivity index (χ0n) is 10.1. The fraction of sp³-hybridized carbons (Fsp3) is 0.500. The second-order valence-electron chi connectivity index (χ2n) is 4.56. The molecular formula is C12H16N2OS. The second kappa shape index (κ2) is 4.11. The van der Waals surface area contributed by atoms with Gasteiger partial charge in [0.05, 0.1) is 5.60 Å². The summed E-state index contributed by atoms with van der Waals surface area (Å²) in [5.41, 5.74) is 1.04. The molecule has 0 amide bonds. The smallest absolute Gasteiger partial charge is 0.132 e. The minimum absolute atomic E-state index is 0.208. The van der Waals surface area contributed by atoms with E-state index in [0.29, 0.717) is 0 Å². The highest BCUT2D eigenvalue weighted by atomic mass is 32.1. The van der Waals surface area contributed by atoms with E-state index in [4.69, 9.17) is 4.74 Å². The van der Waals surface area contributed by atoms with E-state index in [9.17, 15) is 0 Å². The van der Waals surface area contributed by atoms with E-state index in [2.05, 4.69) is 22.3 Å². The van der Waals surface area contributed by atoms with Crippen molar-refractivity contribution < 1.29 is 4.74 Å². The van der Waals surface area contributed by atoms with E-state index in [1.165, 1.54) is 5.56 Å². The molecule has 0 unspecified atom stereocenters. The molecule has 0 saturated carbocycles. The van der Waals surface area contributed by atoms with Crippen molar-refractivity contribution >= 4 is 21.6 Å². The van der Waals surface area contributed by atoms with Crippen LogP contribution in [0.15, 0.2) is 11.6 Å². The number of thiophene rings is 1. The van der Waals surface area contributed by atoms with E-state index in [0.717, 1.165) is 22.5 Å². The number of aromatic nitrogens is 2. The lowest BCUT2D eigenvalue weighted by Gasteiger charge is -2.21. The number of fused-ring (bicyclic) bond motifs is 1. The predicted molar refractivity (Wildman–Crippen MR) is 66.9 cm³/mol. The third kappa shape index (κ3) is 2.23. The molecule has 0 aliphatic heterocycles. The maximum Gasteiger partial charge on any atom is 0.132 e. The zero-order valence-corrected chi connectivity index (χ0v) is 10.9. The quantitative estimate of drug-likeness (QED) is 0.821. The van der Waals surface area contributed by atoms with Gasteiger partial charge in [0.2, 0.25) is 0 Å². The van der Waals surface area contributed by atoms with Crippen LogP contribution in [-0.2, 0) is 11.2 Å². The van der Waals surface area contributed by atoms with Crippen molar-refractivity contribution in [1.29, 1.82) is 0 Å². The topological polar surface area (TPSA) is 35.0 Å². The molecule has 2 aromatic heterocycles. The van der Waals surface area contributed by atoms with Crippen LogP contribution in [0.2, 0.25) is 0 Å². The molecule has 0 saturated heterocycles. The highest BCUT2D eigenvalue weighted by Crippen LogP contribution is 2.23. The Balaban J connectivity index is 2.33. The number of hydrogen-bond donors (Lipinski definition) is 0. The molecule has 0 aromatic carbocycles. The minimum Gasteiger partial charge on any atom is -0.378 e. The van der Waals surface area contributed by atoms with Crippen LogP contribution in [-0.4, -0.2) is 22.7 Å². The van der Waals surface area contributed by atoms with Crippen LogP contribution in [0.5, 0.6) is 0 Å². The van der Waals surface area contributed by atoms with Crippen LogP contribution in [0.3, 0.4) is 0 Å². The van der Waals surface area contributed by atoms with E-state index < -0.39 is 0 Å². The van der Waals surface area contributed by atoms with E-state index in [1.807, 2.05) is 20.0 Å². The Hall–Kier alpha value is -1.00.